The summed E-state index contributed by atoms with van der Waals surface area (Å²) >= 11 is 0. The molecular formula is C23H28N4O2. The molecule has 152 valence electrons. The fourth-order valence-electron chi connectivity index (χ4n) is 3.43. The van der Waals surface area contributed by atoms with Crippen LogP contribution in [0.2, 0.25) is 0 Å². The second-order valence-electron chi connectivity index (χ2n) is 7.12. The Morgan fingerprint density at radius 3 is 2.72 bits per heavy atom. The van der Waals surface area contributed by atoms with Crippen LogP contribution in [0.15, 0.2) is 65.7 Å². The molecule has 2 aliphatic rings. The molecule has 1 unspecified atom stereocenters. The molecule has 0 aromatic heterocycles. The summed E-state index contributed by atoms with van der Waals surface area (Å²) in [5, 5.41) is 6.68. The van der Waals surface area contributed by atoms with Crippen molar-refractivity contribution in [3.63, 3.8) is 0 Å². The van der Waals surface area contributed by atoms with E-state index in [0.717, 1.165) is 37.1 Å². The van der Waals surface area contributed by atoms with Crippen LogP contribution in [-0.2, 0) is 6.54 Å². The molecule has 2 heterocycles. The second kappa shape index (κ2) is 9.37. The van der Waals surface area contributed by atoms with Crippen molar-refractivity contribution in [3.8, 4) is 11.5 Å². The lowest BCUT2D eigenvalue weighted by molar-refractivity contribution is 0.0936. The highest BCUT2D eigenvalue weighted by molar-refractivity contribution is 5.79. The topological polar surface area (TPSA) is 58.1 Å². The SMILES string of the molecule is CCNC(=NCc1cccc(N2CC=CC2)c1)NCC1COc2ccccc2O1. The van der Waals surface area contributed by atoms with Gasteiger partial charge in [-0.3, -0.25) is 0 Å². The molecule has 0 amide bonds. The van der Waals surface area contributed by atoms with Gasteiger partial charge in [0.15, 0.2) is 17.5 Å². The van der Waals surface area contributed by atoms with Gasteiger partial charge in [-0.05, 0) is 36.8 Å². The molecule has 1 atom stereocenters. The van der Waals surface area contributed by atoms with Crippen LogP contribution < -0.4 is 25.0 Å². The predicted octanol–water partition coefficient (Wildman–Crippen LogP) is 2.96. The Bertz CT molecular complexity index is 873. The number of hydrogen-bond acceptors (Lipinski definition) is 4. The fraction of sp³-hybridized carbons (Fsp3) is 0.348. The van der Waals surface area contributed by atoms with Gasteiger partial charge in [0.05, 0.1) is 13.1 Å². The largest absolute Gasteiger partial charge is 0.486 e. The van der Waals surface area contributed by atoms with Crippen molar-refractivity contribution in [2.24, 2.45) is 4.99 Å². The smallest absolute Gasteiger partial charge is 0.191 e. The van der Waals surface area contributed by atoms with Crippen LogP contribution in [0, 0.1) is 0 Å². The minimum absolute atomic E-state index is 0.0558. The summed E-state index contributed by atoms with van der Waals surface area (Å²) in [6.07, 6.45) is 4.35. The van der Waals surface area contributed by atoms with Crippen LogP contribution in [0.3, 0.4) is 0 Å². The minimum Gasteiger partial charge on any atom is -0.486 e. The van der Waals surface area contributed by atoms with E-state index in [1.807, 2.05) is 24.3 Å². The molecule has 0 radical (unpaired) electrons. The monoisotopic (exact) mass is 392 g/mol. The third-order valence-electron chi connectivity index (χ3n) is 4.92. The van der Waals surface area contributed by atoms with Crippen LogP contribution in [0.1, 0.15) is 12.5 Å². The zero-order chi connectivity index (χ0) is 19.9. The highest BCUT2D eigenvalue weighted by Crippen LogP contribution is 2.30. The summed E-state index contributed by atoms with van der Waals surface area (Å²) in [7, 11) is 0. The van der Waals surface area contributed by atoms with Crippen molar-refractivity contribution in [2.75, 3.05) is 37.7 Å². The van der Waals surface area contributed by atoms with E-state index in [0.29, 0.717) is 19.7 Å². The number of para-hydroxylation sites is 2. The summed E-state index contributed by atoms with van der Waals surface area (Å²) in [5.41, 5.74) is 2.44. The van der Waals surface area contributed by atoms with Gasteiger partial charge in [0.25, 0.3) is 0 Å². The lowest BCUT2D eigenvalue weighted by atomic mass is 10.2. The molecule has 0 fully saturated rings. The number of fused-ring (bicyclic) bond motifs is 1. The number of anilines is 1. The van der Waals surface area contributed by atoms with E-state index in [-0.39, 0.29) is 6.10 Å². The number of nitrogens with zero attached hydrogens (tertiary/aromatic N) is 2. The van der Waals surface area contributed by atoms with Crippen LogP contribution >= 0.6 is 0 Å². The predicted molar refractivity (Wildman–Crippen MR) is 117 cm³/mol. The van der Waals surface area contributed by atoms with Crippen molar-refractivity contribution in [3.05, 3.63) is 66.2 Å². The van der Waals surface area contributed by atoms with Crippen LogP contribution in [0.25, 0.3) is 0 Å². The third-order valence-corrected chi connectivity index (χ3v) is 4.92. The molecule has 6 heteroatoms. The van der Waals surface area contributed by atoms with Gasteiger partial charge < -0.3 is 25.0 Å². The van der Waals surface area contributed by atoms with E-state index in [9.17, 15) is 0 Å². The zero-order valence-electron chi connectivity index (χ0n) is 16.8. The average Bonchev–Trinajstić information content (AvgIpc) is 3.31. The number of benzene rings is 2. The number of aliphatic imine (C=N–C) groups is 1. The summed E-state index contributed by atoms with van der Waals surface area (Å²) in [6, 6.07) is 16.4. The van der Waals surface area contributed by atoms with Gasteiger partial charge in [-0.2, -0.15) is 0 Å². The van der Waals surface area contributed by atoms with E-state index in [2.05, 4.69) is 58.9 Å². The van der Waals surface area contributed by atoms with Gasteiger partial charge in [0, 0.05) is 25.3 Å². The minimum atomic E-state index is -0.0558. The molecule has 6 nitrogen and oxygen atoms in total. The van der Waals surface area contributed by atoms with Gasteiger partial charge in [0.2, 0.25) is 0 Å². The molecule has 0 saturated carbocycles. The molecule has 0 aliphatic carbocycles. The van der Waals surface area contributed by atoms with Crippen molar-refractivity contribution in [1.82, 2.24) is 10.6 Å². The van der Waals surface area contributed by atoms with Crippen molar-refractivity contribution in [1.29, 1.82) is 0 Å². The quantitative estimate of drug-likeness (QED) is 0.450. The van der Waals surface area contributed by atoms with Gasteiger partial charge in [-0.15, -0.1) is 0 Å². The van der Waals surface area contributed by atoms with Crippen LogP contribution in [0.4, 0.5) is 5.69 Å². The number of nitrogens with one attached hydrogen (secondary N) is 2. The van der Waals surface area contributed by atoms with E-state index in [1.165, 1.54) is 11.3 Å². The van der Waals surface area contributed by atoms with Crippen LogP contribution in [-0.4, -0.2) is 44.8 Å². The van der Waals surface area contributed by atoms with Crippen molar-refractivity contribution in [2.45, 2.75) is 19.6 Å². The van der Waals surface area contributed by atoms with Crippen LogP contribution in [0.5, 0.6) is 11.5 Å². The Balaban J connectivity index is 1.34. The maximum atomic E-state index is 6.01. The number of rotatable bonds is 6. The maximum Gasteiger partial charge on any atom is 0.191 e. The van der Waals surface area contributed by atoms with Gasteiger partial charge in [-0.1, -0.05) is 36.4 Å². The zero-order valence-corrected chi connectivity index (χ0v) is 16.8. The summed E-state index contributed by atoms with van der Waals surface area (Å²) in [4.78, 5) is 7.09. The molecule has 0 spiro atoms. The van der Waals surface area contributed by atoms with Gasteiger partial charge >= 0.3 is 0 Å². The van der Waals surface area contributed by atoms with Gasteiger partial charge in [-0.25, -0.2) is 4.99 Å². The molecule has 0 saturated heterocycles. The Kier molecular flexibility index (Phi) is 6.19. The summed E-state index contributed by atoms with van der Waals surface area (Å²) in [5.74, 6) is 2.38. The lowest BCUT2D eigenvalue weighted by Gasteiger charge is -2.27. The molecule has 2 aromatic rings. The number of ether oxygens (including phenoxy) is 2. The lowest BCUT2D eigenvalue weighted by Crippen LogP contribution is -2.45. The van der Waals surface area contributed by atoms with E-state index < -0.39 is 0 Å². The maximum absolute atomic E-state index is 6.01. The number of hydrogen-bond donors (Lipinski definition) is 2. The number of guanidine groups is 1. The molecule has 2 aliphatic heterocycles. The highest BCUT2D eigenvalue weighted by atomic mass is 16.6. The third kappa shape index (κ3) is 5.02. The second-order valence-corrected chi connectivity index (χ2v) is 7.12. The van der Waals surface area contributed by atoms with Crippen molar-refractivity contribution < 1.29 is 9.47 Å². The molecule has 29 heavy (non-hydrogen) atoms. The van der Waals surface area contributed by atoms with Gasteiger partial charge in [0.1, 0.15) is 12.7 Å². The molecule has 2 N–H and O–H groups in total. The molecule has 0 bridgehead atoms. The summed E-state index contributed by atoms with van der Waals surface area (Å²) < 4.78 is 11.8. The first kappa shape index (κ1) is 19.2. The van der Waals surface area contributed by atoms with E-state index >= 15 is 0 Å². The Labute approximate surface area is 172 Å². The Morgan fingerprint density at radius 2 is 1.90 bits per heavy atom. The van der Waals surface area contributed by atoms with E-state index in [1.54, 1.807) is 0 Å². The average molecular weight is 393 g/mol. The van der Waals surface area contributed by atoms with Crippen molar-refractivity contribution >= 4 is 11.6 Å². The molecular weight excluding hydrogens is 364 g/mol. The Hall–Kier alpha value is -3.15. The first-order chi connectivity index (χ1) is 14.3. The summed E-state index contributed by atoms with van der Waals surface area (Å²) in [6.45, 7) is 6.59. The fourth-order valence-corrected chi connectivity index (χ4v) is 3.43. The Morgan fingerprint density at radius 1 is 1.07 bits per heavy atom. The first-order valence-corrected chi connectivity index (χ1v) is 10.2. The highest BCUT2D eigenvalue weighted by Gasteiger charge is 2.20. The molecule has 4 rings (SSSR count). The molecule has 2 aromatic carbocycles. The normalized spacial score (nSPS) is 18.0. The first-order valence-electron chi connectivity index (χ1n) is 10.2. The standard InChI is InChI=1S/C23H28N4O2/c1-2-24-23(26-16-20-17-28-21-10-3-4-11-22(21)29-20)25-15-18-8-7-9-19(14-18)27-12-5-6-13-27/h3-11,14,20H,2,12-13,15-17H2,1H3,(H2,24,25,26). The van der Waals surface area contributed by atoms with E-state index in [4.69, 9.17) is 14.5 Å².